The van der Waals surface area contributed by atoms with Gasteiger partial charge in [0.05, 0.1) is 18.8 Å². The first kappa shape index (κ1) is 22.2. The monoisotopic (exact) mass is 471 g/mol. The Balaban J connectivity index is 1.30. The molecule has 1 saturated carbocycles. The van der Waals surface area contributed by atoms with Gasteiger partial charge < -0.3 is 25.0 Å². The molecule has 11 heteroatoms. The standard InChI is InChI=1S/C21H30NO9P/c1-2-3-4-5-6-7-29-32(26)30-18-13(23)8-12-11-9-14-19(28-10-27-14)17(24)15(11)21(25)22-16(12)20(18)31-32/h9,11-13,15-16,18,20,23-24H,2-8,10H2,1H3,(H,22,25)/t11?,12?,13-,15?,16+,18+,20-,32?/m0/s1. The minimum Gasteiger partial charge on any atom is -0.507 e. The maximum Gasteiger partial charge on any atom is 0.475 e. The number of carbonyl (C=O) groups is 1. The number of phosphoric acid groups is 1. The summed E-state index contributed by atoms with van der Waals surface area (Å²) in [6.45, 7) is 2.35. The number of ether oxygens (including phenoxy) is 2. The third-order valence-electron chi connectivity index (χ3n) is 7.01. The molecule has 5 aliphatic rings. The summed E-state index contributed by atoms with van der Waals surface area (Å²) in [7, 11) is -3.85. The minimum atomic E-state index is -3.85. The summed E-state index contributed by atoms with van der Waals surface area (Å²) in [6, 6.07) is -0.547. The summed E-state index contributed by atoms with van der Waals surface area (Å²) in [4.78, 5) is 12.9. The predicted molar refractivity (Wildman–Crippen MR) is 110 cm³/mol. The van der Waals surface area contributed by atoms with Crippen molar-refractivity contribution < 1.29 is 42.6 Å². The van der Waals surface area contributed by atoms with E-state index in [1.54, 1.807) is 6.08 Å². The highest BCUT2D eigenvalue weighted by Gasteiger charge is 2.62. The van der Waals surface area contributed by atoms with Crippen molar-refractivity contribution in [2.75, 3.05) is 13.4 Å². The lowest BCUT2D eigenvalue weighted by Gasteiger charge is -2.49. The molecule has 3 heterocycles. The van der Waals surface area contributed by atoms with Gasteiger partial charge in [-0.1, -0.05) is 32.6 Å². The summed E-state index contributed by atoms with van der Waals surface area (Å²) in [5.41, 5.74) is 0. The highest BCUT2D eigenvalue weighted by atomic mass is 31.2. The lowest BCUT2D eigenvalue weighted by atomic mass is 9.64. The molecule has 8 atom stereocenters. The Morgan fingerprint density at radius 3 is 2.78 bits per heavy atom. The summed E-state index contributed by atoms with van der Waals surface area (Å²) in [5.74, 6) is -1.51. The van der Waals surface area contributed by atoms with E-state index in [-0.39, 0.29) is 43.2 Å². The van der Waals surface area contributed by atoms with Gasteiger partial charge in [-0.3, -0.25) is 18.4 Å². The molecule has 0 spiro atoms. The number of aliphatic hydroxyl groups excluding tert-OH is 2. The number of allylic oxidation sites excluding steroid dienone is 1. The first-order valence-corrected chi connectivity index (χ1v) is 12.9. The van der Waals surface area contributed by atoms with Gasteiger partial charge in [-0.25, -0.2) is 4.57 Å². The van der Waals surface area contributed by atoms with Crippen molar-refractivity contribution in [1.29, 1.82) is 0 Å². The number of phosphoric ester groups is 1. The van der Waals surface area contributed by atoms with Gasteiger partial charge in [-0.15, -0.1) is 0 Å². The molecule has 0 aromatic rings. The number of amides is 1. The van der Waals surface area contributed by atoms with Gasteiger partial charge in [-0.05, 0) is 24.8 Å². The van der Waals surface area contributed by atoms with E-state index < -0.39 is 44.0 Å². The van der Waals surface area contributed by atoms with E-state index in [4.69, 9.17) is 23.0 Å². The van der Waals surface area contributed by atoms with Crippen LogP contribution in [-0.2, 0) is 32.4 Å². The molecule has 0 bridgehead atoms. The minimum absolute atomic E-state index is 0.0242. The smallest absolute Gasteiger partial charge is 0.475 e. The molecular weight excluding hydrogens is 441 g/mol. The molecule has 2 aliphatic carbocycles. The highest BCUT2D eigenvalue weighted by Crippen LogP contribution is 2.61. The van der Waals surface area contributed by atoms with Crippen molar-refractivity contribution in [1.82, 2.24) is 5.32 Å². The number of unbranched alkanes of at least 4 members (excludes halogenated alkanes) is 4. The van der Waals surface area contributed by atoms with Crippen LogP contribution in [0.4, 0.5) is 0 Å². The first-order chi connectivity index (χ1) is 15.4. The molecule has 4 unspecified atom stereocenters. The quantitative estimate of drug-likeness (QED) is 0.379. The Kier molecular flexibility index (Phi) is 6.01. The van der Waals surface area contributed by atoms with Crippen molar-refractivity contribution in [3.05, 3.63) is 23.4 Å². The Hall–Kier alpha value is -1.58. The Bertz CT molecular complexity index is 873. The van der Waals surface area contributed by atoms with Crippen LogP contribution >= 0.6 is 7.82 Å². The van der Waals surface area contributed by atoms with Gasteiger partial charge in [0, 0.05) is 5.92 Å². The van der Waals surface area contributed by atoms with Gasteiger partial charge in [0.1, 0.15) is 18.1 Å². The van der Waals surface area contributed by atoms with Gasteiger partial charge in [0.2, 0.25) is 18.5 Å². The maximum atomic E-state index is 13.1. The zero-order valence-electron chi connectivity index (χ0n) is 18.0. The lowest BCUT2D eigenvalue weighted by molar-refractivity contribution is -0.139. The maximum absolute atomic E-state index is 13.1. The summed E-state index contributed by atoms with van der Waals surface area (Å²) < 4.78 is 40.6. The van der Waals surface area contributed by atoms with Crippen LogP contribution < -0.4 is 5.32 Å². The van der Waals surface area contributed by atoms with Crippen LogP contribution in [0.25, 0.3) is 0 Å². The van der Waals surface area contributed by atoms with E-state index in [0.717, 1.165) is 32.1 Å². The molecule has 0 aromatic heterocycles. The number of aliphatic hydroxyl groups is 2. The van der Waals surface area contributed by atoms with Crippen molar-refractivity contribution in [3.63, 3.8) is 0 Å². The fraction of sp³-hybridized carbons (Fsp3) is 0.762. The Morgan fingerprint density at radius 2 is 1.97 bits per heavy atom. The second-order valence-corrected chi connectivity index (χ2v) is 10.6. The van der Waals surface area contributed by atoms with Gasteiger partial charge >= 0.3 is 7.82 Å². The van der Waals surface area contributed by atoms with Crippen LogP contribution in [-0.4, -0.2) is 53.9 Å². The third kappa shape index (κ3) is 3.76. The summed E-state index contributed by atoms with van der Waals surface area (Å²) in [6.07, 6.45) is 4.50. The molecule has 1 amide bonds. The number of rotatable bonds is 7. The molecule has 5 rings (SSSR count). The highest BCUT2D eigenvalue weighted by molar-refractivity contribution is 7.48. The Labute approximate surface area is 186 Å². The number of piperidine rings is 1. The molecule has 3 saturated heterocycles. The van der Waals surface area contributed by atoms with Crippen LogP contribution in [0.2, 0.25) is 0 Å². The van der Waals surface area contributed by atoms with Crippen LogP contribution in [0.5, 0.6) is 0 Å². The molecule has 3 aliphatic heterocycles. The van der Waals surface area contributed by atoms with Crippen LogP contribution in [0.1, 0.15) is 45.4 Å². The van der Waals surface area contributed by atoms with Gasteiger partial charge in [-0.2, -0.15) is 0 Å². The Morgan fingerprint density at radius 1 is 1.19 bits per heavy atom. The molecule has 32 heavy (non-hydrogen) atoms. The lowest BCUT2D eigenvalue weighted by Crippen LogP contribution is -2.65. The van der Waals surface area contributed by atoms with Crippen LogP contribution in [0, 0.1) is 17.8 Å². The summed E-state index contributed by atoms with van der Waals surface area (Å²) in [5, 5.41) is 24.3. The van der Waals surface area contributed by atoms with Gasteiger partial charge in [0.25, 0.3) is 0 Å². The number of nitrogens with one attached hydrogen (secondary N) is 1. The van der Waals surface area contributed by atoms with E-state index in [0.29, 0.717) is 5.76 Å². The van der Waals surface area contributed by atoms with Crippen LogP contribution in [0.3, 0.4) is 0 Å². The zero-order valence-corrected chi connectivity index (χ0v) is 18.9. The number of hydrogen-bond acceptors (Lipinski definition) is 9. The second kappa shape index (κ2) is 8.65. The number of hydrogen-bond donors (Lipinski definition) is 3. The normalized spacial score (nSPS) is 42.1. The molecule has 0 aromatic carbocycles. The predicted octanol–water partition coefficient (Wildman–Crippen LogP) is 2.65. The van der Waals surface area contributed by atoms with Crippen molar-refractivity contribution >= 4 is 13.7 Å². The van der Waals surface area contributed by atoms with E-state index in [2.05, 4.69) is 12.2 Å². The van der Waals surface area contributed by atoms with Crippen LogP contribution in [0.15, 0.2) is 23.4 Å². The SMILES string of the molecule is CCCCCCCOP1(=O)O[C@@H]2[C@H](O1)[C@@H](O)CC1C3C=C4OCOC4=C(O)C3C(=O)N[C@H]12. The molecular formula is C21H30NO9P. The van der Waals surface area contributed by atoms with E-state index in [1.165, 1.54) is 0 Å². The average molecular weight is 471 g/mol. The van der Waals surface area contributed by atoms with E-state index in [9.17, 15) is 19.6 Å². The number of carbonyl (C=O) groups excluding carboxylic acids is 1. The van der Waals surface area contributed by atoms with Crippen molar-refractivity contribution in [2.45, 2.75) is 69.8 Å². The largest absolute Gasteiger partial charge is 0.507 e. The average Bonchev–Trinajstić information content (AvgIpc) is 3.37. The molecule has 10 nitrogen and oxygen atoms in total. The molecule has 4 fully saturated rings. The second-order valence-electron chi connectivity index (χ2n) is 9.04. The molecule has 3 N–H and O–H groups in total. The zero-order chi connectivity index (χ0) is 22.5. The molecule has 178 valence electrons. The first-order valence-electron chi connectivity index (χ1n) is 11.4. The van der Waals surface area contributed by atoms with E-state index in [1.807, 2.05) is 0 Å². The topological polar surface area (TPSA) is 133 Å². The fourth-order valence-corrected chi connectivity index (χ4v) is 7.10. The van der Waals surface area contributed by atoms with E-state index >= 15 is 0 Å². The fourth-order valence-electron chi connectivity index (χ4n) is 5.46. The van der Waals surface area contributed by atoms with Gasteiger partial charge in [0.15, 0.2) is 11.5 Å². The summed E-state index contributed by atoms with van der Waals surface area (Å²) >= 11 is 0. The molecule has 0 radical (unpaired) electrons. The third-order valence-corrected chi connectivity index (χ3v) is 8.52. The van der Waals surface area contributed by atoms with Crippen molar-refractivity contribution in [3.8, 4) is 0 Å². The number of fused-ring (bicyclic) bond motifs is 6. The van der Waals surface area contributed by atoms with Crippen molar-refractivity contribution in [2.24, 2.45) is 17.8 Å².